The van der Waals surface area contributed by atoms with Gasteiger partial charge in [-0.05, 0) is 12.1 Å². The molecule has 2 N–H and O–H groups in total. The van der Waals surface area contributed by atoms with Crippen LogP contribution in [0.15, 0.2) is 18.3 Å². The van der Waals surface area contributed by atoms with Crippen molar-refractivity contribution in [3.05, 3.63) is 24.0 Å². The highest BCUT2D eigenvalue weighted by Crippen LogP contribution is 2.09. The van der Waals surface area contributed by atoms with E-state index in [2.05, 4.69) is 9.72 Å². The second-order valence-electron chi connectivity index (χ2n) is 3.02. The summed E-state index contributed by atoms with van der Waals surface area (Å²) in [6.07, 6.45) is 1.94. The Balaban J connectivity index is 0.00000225. The summed E-state index contributed by atoms with van der Waals surface area (Å²) in [7, 11) is 2.88. The number of methoxy groups -OCH3 is 2. The molecular formula is C10H15ClN2O3. The number of rotatable bonds is 4. The summed E-state index contributed by atoms with van der Waals surface area (Å²) in [5.74, 6) is 0.234. The van der Waals surface area contributed by atoms with Crippen LogP contribution in [-0.4, -0.2) is 31.2 Å². The summed E-state index contributed by atoms with van der Waals surface area (Å²) in [5, 5.41) is 0. The molecule has 1 unspecified atom stereocenters. The first kappa shape index (κ1) is 14.7. The number of nitrogens with zero attached hydrogens (tertiary/aromatic N) is 1. The summed E-state index contributed by atoms with van der Waals surface area (Å²) in [6.45, 7) is 0. The maximum Gasteiger partial charge on any atom is 0.323 e. The molecule has 1 aromatic rings. The molecule has 1 heterocycles. The Morgan fingerprint density at radius 3 is 2.62 bits per heavy atom. The van der Waals surface area contributed by atoms with Crippen molar-refractivity contribution in [1.29, 1.82) is 0 Å². The summed E-state index contributed by atoms with van der Waals surface area (Å²) in [5.41, 5.74) is 6.31. The quantitative estimate of drug-likeness (QED) is 0.786. The zero-order valence-electron chi connectivity index (χ0n) is 9.17. The Morgan fingerprint density at radius 1 is 1.50 bits per heavy atom. The molecule has 5 nitrogen and oxygen atoms in total. The van der Waals surface area contributed by atoms with Crippen molar-refractivity contribution in [2.24, 2.45) is 5.73 Å². The van der Waals surface area contributed by atoms with E-state index in [1.807, 2.05) is 0 Å². The lowest BCUT2D eigenvalue weighted by atomic mass is 10.1. The van der Waals surface area contributed by atoms with Crippen molar-refractivity contribution in [3.8, 4) is 5.75 Å². The Labute approximate surface area is 100 Å². The number of aromatic nitrogens is 1. The van der Waals surface area contributed by atoms with Gasteiger partial charge >= 0.3 is 5.97 Å². The molecule has 0 saturated heterocycles. The largest absolute Gasteiger partial charge is 0.495 e. The molecule has 0 saturated carbocycles. The van der Waals surface area contributed by atoms with Crippen LogP contribution in [0.25, 0.3) is 0 Å². The van der Waals surface area contributed by atoms with Crippen molar-refractivity contribution in [2.45, 2.75) is 12.5 Å². The molecule has 6 heteroatoms. The summed E-state index contributed by atoms with van der Waals surface area (Å²) in [6, 6.07) is 2.87. The first-order chi connectivity index (χ1) is 7.17. The van der Waals surface area contributed by atoms with Crippen molar-refractivity contribution in [3.63, 3.8) is 0 Å². The number of nitrogens with two attached hydrogens (primary N) is 1. The van der Waals surface area contributed by atoms with Crippen LogP contribution in [0.3, 0.4) is 0 Å². The molecule has 1 rings (SSSR count). The average Bonchev–Trinajstić information content (AvgIpc) is 2.29. The number of carbonyl (C=O) groups is 1. The third-order valence-electron chi connectivity index (χ3n) is 1.97. The number of pyridine rings is 1. The highest BCUT2D eigenvalue weighted by molar-refractivity contribution is 5.85. The molecule has 0 aromatic carbocycles. The molecule has 0 spiro atoms. The van der Waals surface area contributed by atoms with Crippen molar-refractivity contribution >= 4 is 18.4 Å². The molecular weight excluding hydrogens is 232 g/mol. The van der Waals surface area contributed by atoms with Crippen LogP contribution >= 0.6 is 12.4 Å². The summed E-state index contributed by atoms with van der Waals surface area (Å²) < 4.78 is 9.47. The number of ether oxygens (including phenoxy) is 2. The number of esters is 1. The lowest BCUT2D eigenvalue weighted by molar-refractivity contribution is -0.142. The van der Waals surface area contributed by atoms with Crippen LogP contribution in [0, 0.1) is 0 Å². The minimum absolute atomic E-state index is 0. The predicted molar refractivity (Wildman–Crippen MR) is 61.7 cm³/mol. The standard InChI is InChI=1S/C10H14N2O3.ClH/c1-14-8-4-3-7(12-6-8)5-9(11)10(13)15-2;/h3-4,6,9H,5,11H2,1-2H3;1H. The number of carbonyl (C=O) groups excluding carboxylic acids is 1. The van der Waals surface area contributed by atoms with Crippen LogP contribution in [0.1, 0.15) is 5.69 Å². The van der Waals surface area contributed by atoms with Crippen LogP contribution in [-0.2, 0) is 16.0 Å². The fourth-order valence-electron chi connectivity index (χ4n) is 1.11. The van der Waals surface area contributed by atoms with Gasteiger partial charge in [0.2, 0.25) is 0 Å². The van der Waals surface area contributed by atoms with Gasteiger partial charge in [0.15, 0.2) is 0 Å². The predicted octanol–water partition coefficient (Wildman–Crippen LogP) is 0.555. The maximum atomic E-state index is 11.0. The van der Waals surface area contributed by atoms with E-state index in [-0.39, 0.29) is 12.4 Å². The highest BCUT2D eigenvalue weighted by Gasteiger charge is 2.14. The smallest absolute Gasteiger partial charge is 0.323 e. The highest BCUT2D eigenvalue weighted by atomic mass is 35.5. The van der Waals surface area contributed by atoms with Crippen LogP contribution in [0.2, 0.25) is 0 Å². The number of halogens is 1. The van der Waals surface area contributed by atoms with E-state index in [0.717, 1.165) is 5.69 Å². The Hall–Kier alpha value is -1.33. The Bertz CT molecular complexity index is 329. The van der Waals surface area contributed by atoms with E-state index in [1.54, 1.807) is 25.4 Å². The second-order valence-corrected chi connectivity index (χ2v) is 3.02. The number of hydrogen-bond acceptors (Lipinski definition) is 5. The first-order valence-corrected chi connectivity index (χ1v) is 4.49. The van der Waals surface area contributed by atoms with Gasteiger partial charge in [0, 0.05) is 12.1 Å². The lowest BCUT2D eigenvalue weighted by Crippen LogP contribution is -2.33. The molecule has 0 aliphatic heterocycles. The third kappa shape index (κ3) is 4.04. The van der Waals surface area contributed by atoms with E-state index in [9.17, 15) is 4.79 Å². The molecule has 0 amide bonds. The summed E-state index contributed by atoms with van der Waals surface area (Å²) >= 11 is 0. The Morgan fingerprint density at radius 2 is 2.19 bits per heavy atom. The van der Waals surface area contributed by atoms with Gasteiger partial charge in [0.05, 0.1) is 20.4 Å². The Kier molecular flexibility index (Phi) is 6.44. The molecule has 90 valence electrons. The molecule has 0 aliphatic rings. The molecule has 1 atom stereocenters. The van der Waals surface area contributed by atoms with Crippen molar-refractivity contribution in [1.82, 2.24) is 4.98 Å². The normalized spacial score (nSPS) is 11.2. The van der Waals surface area contributed by atoms with Gasteiger partial charge in [-0.1, -0.05) is 0 Å². The van der Waals surface area contributed by atoms with Gasteiger partial charge in [-0.25, -0.2) is 0 Å². The van der Waals surface area contributed by atoms with E-state index in [1.165, 1.54) is 7.11 Å². The minimum atomic E-state index is -0.670. The van der Waals surface area contributed by atoms with Gasteiger partial charge in [-0.2, -0.15) is 0 Å². The number of hydrogen-bond donors (Lipinski definition) is 1. The third-order valence-corrected chi connectivity index (χ3v) is 1.97. The van der Waals surface area contributed by atoms with Gasteiger partial charge in [-0.3, -0.25) is 9.78 Å². The lowest BCUT2D eigenvalue weighted by Gasteiger charge is -2.08. The van der Waals surface area contributed by atoms with Gasteiger partial charge in [0.1, 0.15) is 11.8 Å². The maximum absolute atomic E-state index is 11.0. The molecule has 1 aromatic heterocycles. The molecule has 0 radical (unpaired) electrons. The zero-order valence-corrected chi connectivity index (χ0v) is 9.99. The summed E-state index contributed by atoms with van der Waals surface area (Å²) in [4.78, 5) is 15.1. The molecule has 0 aliphatic carbocycles. The monoisotopic (exact) mass is 246 g/mol. The van der Waals surface area contributed by atoms with E-state index in [0.29, 0.717) is 12.2 Å². The first-order valence-electron chi connectivity index (χ1n) is 4.49. The van der Waals surface area contributed by atoms with E-state index >= 15 is 0 Å². The van der Waals surface area contributed by atoms with Gasteiger partial charge in [0.25, 0.3) is 0 Å². The van der Waals surface area contributed by atoms with E-state index in [4.69, 9.17) is 10.5 Å². The van der Waals surface area contributed by atoms with Crippen LogP contribution in [0.5, 0.6) is 5.75 Å². The van der Waals surface area contributed by atoms with Crippen molar-refractivity contribution < 1.29 is 14.3 Å². The van der Waals surface area contributed by atoms with E-state index < -0.39 is 12.0 Å². The topological polar surface area (TPSA) is 74.4 Å². The van der Waals surface area contributed by atoms with Crippen LogP contribution in [0.4, 0.5) is 0 Å². The van der Waals surface area contributed by atoms with Gasteiger partial charge in [-0.15, -0.1) is 12.4 Å². The van der Waals surface area contributed by atoms with Crippen LogP contribution < -0.4 is 10.5 Å². The molecule has 0 fully saturated rings. The average molecular weight is 247 g/mol. The van der Waals surface area contributed by atoms with Gasteiger partial charge < -0.3 is 15.2 Å². The molecule has 16 heavy (non-hydrogen) atoms. The minimum Gasteiger partial charge on any atom is -0.495 e. The SMILES string of the molecule is COC(=O)C(N)Cc1ccc(OC)cn1.Cl. The second kappa shape index (κ2) is 7.03. The zero-order chi connectivity index (χ0) is 11.3. The molecule has 0 bridgehead atoms. The fraction of sp³-hybridized carbons (Fsp3) is 0.400. The van der Waals surface area contributed by atoms with Crippen molar-refractivity contribution in [2.75, 3.05) is 14.2 Å². The fourth-order valence-corrected chi connectivity index (χ4v) is 1.11.